The number of hydrogen-bond donors (Lipinski definition) is 0. The van der Waals surface area contributed by atoms with Crippen LogP contribution in [0, 0.1) is 11.8 Å². The van der Waals surface area contributed by atoms with Crippen LogP contribution in [0.15, 0.2) is 29.3 Å². The molecule has 3 rings (SSSR count). The molecule has 25 heavy (non-hydrogen) atoms. The fourth-order valence-corrected chi connectivity index (χ4v) is 4.68. The molecule has 0 radical (unpaired) electrons. The quantitative estimate of drug-likeness (QED) is 0.545. The minimum absolute atomic E-state index is 0.0965. The molecule has 0 N–H and O–H groups in total. The first-order chi connectivity index (χ1) is 12.1. The Morgan fingerprint density at radius 1 is 1.20 bits per heavy atom. The first kappa shape index (κ1) is 18.4. The van der Waals surface area contributed by atoms with Gasteiger partial charge in [-0.3, -0.25) is 4.79 Å². The Morgan fingerprint density at radius 3 is 2.76 bits per heavy atom. The van der Waals surface area contributed by atoms with Gasteiger partial charge in [0.15, 0.2) is 5.78 Å². The molecule has 1 aliphatic heterocycles. The van der Waals surface area contributed by atoms with Crippen molar-refractivity contribution in [1.29, 1.82) is 0 Å². The van der Waals surface area contributed by atoms with Crippen LogP contribution >= 0.6 is 11.8 Å². The lowest BCUT2D eigenvalue weighted by molar-refractivity contribution is 0.0919. The van der Waals surface area contributed by atoms with E-state index in [1.54, 1.807) is 0 Å². The van der Waals surface area contributed by atoms with Crippen molar-refractivity contribution in [2.24, 2.45) is 11.8 Å². The number of pyridine rings is 1. The summed E-state index contributed by atoms with van der Waals surface area (Å²) in [7, 11) is 0. The summed E-state index contributed by atoms with van der Waals surface area (Å²) < 4.78 is 0. The Kier molecular flexibility index (Phi) is 6.16. The number of nitrogens with zero attached hydrogens (tertiary/aromatic N) is 1. The summed E-state index contributed by atoms with van der Waals surface area (Å²) in [5.41, 5.74) is 3.19. The zero-order valence-electron chi connectivity index (χ0n) is 15.7. The van der Waals surface area contributed by atoms with Gasteiger partial charge in [0.25, 0.3) is 0 Å². The number of thioether (sulfide) groups is 1. The molecule has 1 aliphatic rings. The maximum absolute atomic E-state index is 12.8. The van der Waals surface area contributed by atoms with Crippen molar-refractivity contribution in [3.63, 3.8) is 0 Å². The topological polar surface area (TPSA) is 30.0 Å². The van der Waals surface area contributed by atoms with Crippen molar-refractivity contribution in [2.45, 2.75) is 64.3 Å². The Hall–Kier alpha value is -1.35. The van der Waals surface area contributed by atoms with Gasteiger partial charge in [0.2, 0.25) is 0 Å². The molecule has 134 valence electrons. The first-order valence-corrected chi connectivity index (χ1v) is 10.7. The van der Waals surface area contributed by atoms with Gasteiger partial charge < -0.3 is 0 Å². The normalized spacial score (nSPS) is 15.4. The standard InChI is InChI=1S/C22H29NOS/c1-4-16(5-2)9-8-15(3)21(24)17-10-11-20-19(13-17)14-18-7-6-12-25-22(18)23-20/h10-11,13-16H,4-9,12H2,1-3H3. The molecule has 1 aromatic carbocycles. The second-order valence-electron chi connectivity index (χ2n) is 7.34. The fourth-order valence-electron chi connectivity index (χ4n) is 3.69. The van der Waals surface area contributed by atoms with Gasteiger partial charge in [-0.25, -0.2) is 4.98 Å². The van der Waals surface area contributed by atoms with Crippen molar-refractivity contribution in [1.82, 2.24) is 4.98 Å². The van der Waals surface area contributed by atoms with Crippen LogP contribution in [0.1, 0.15) is 68.8 Å². The van der Waals surface area contributed by atoms with Crippen LogP contribution in [0.5, 0.6) is 0 Å². The van der Waals surface area contributed by atoms with Crippen LogP contribution in [-0.2, 0) is 6.42 Å². The van der Waals surface area contributed by atoms with E-state index in [9.17, 15) is 4.79 Å². The average molecular weight is 356 g/mol. The monoisotopic (exact) mass is 355 g/mol. The third kappa shape index (κ3) is 4.25. The SMILES string of the molecule is CCC(CC)CCC(C)C(=O)c1ccc2nc3c(cc2c1)CCCS3. The van der Waals surface area contributed by atoms with Gasteiger partial charge in [0.1, 0.15) is 0 Å². The molecule has 0 bridgehead atoms. The Morgan fingerprint density at radius 2 is 2.00 bits per heavy atom. The van der Waals surface area contributed by atoms with Crippen LogP contribution in [0.25, 0.3) is 10.9 Å². The molecule has 0 spiro atoms. The molecule has 0 aliphatic carbocycles. The van der Waals surface area contributed by atoms with E-state index >= 15 is 0 Å². The second-order valence-corrected chi connectivity index (χ2v) is 8.42. The molecule has 2 nitrogen and oxygen atoms in total. The molecule has 1 unspecified atom stereocenters. The van der Waals surface area contributed by atoms with Crippen molar-refractivity contribution in [2.75, 3.05) is 5.75 Å². The molecule has 0 amide bonds. The molecule has 0 fully saturated rings. The summed E-state index contributed by atoms with van der Waals surface area (Å²) in [5.74, 6) is 2.29. The number of aryl methyl sites for hydroxylation is 1. The molecular formula is C22H29NOS. The number of rotatable bonds is 7. The van der Waals surface area contributed by atoms with E-state index in [-0.39, 0.29) is 11.7 Å². The zero-order chi connectivity index (χ0) is 17.8. The van der Waals surface area contributed by atoms with Gasteiger partial charge in [-0.1, -0.05) is 33.6 Å². The van der Waals surface area contributed by atoms with Crippen LogP contribution in [0.2, 0.25) is 0 Å². The highest BCUT2D eigenvalue weighted by molar-refractivity contribution is 7.99. The van der Waals surface area contributed by atoms with Crippen molar-refractivity contribution < 1.29 is 4.79 Å². The summed E-state index contributed by atoms with van der Waals surface area (Å²) >= 11 is 1.85. The van der Waals surface area contributed by atoms with Crippen molar-refractivity contribution >= 4 is 28.4 Å². The number of carbonyl (C=O) groups excluding carboxylic acids is 1. The summed E-state index contributed by atoms with van der Waals surface area (Å²) in [6.45, 7) is 6.57. The Bertz CT molecular complexity index is 751. The maximum Gasteiger partial charge on any atom is 0.165 e. The highest BCUT2D eigenvalue weighted by Gasteiger charge is 2.18. The Balaban J connectivity index is 1.77. The van der Waals surface area contributed by atoms with E-state index in [2.05, 4.69) is 32.9 Å². The van der Waals surface area contributed by atoms with Crippen LogP contribution < -0.4 is 0 Å². The minimum Gasteiger partial charge on any atom is -0.294 e. The number of Topliss-reactive ketones (excluding diaryl/α,β-unsaturated/α-hetero) is 1. The maximum atomic E-state index is 12.8. The lowest BCUT2D eigenvalue weighted by Gasteiger charge is -2.17. The van der Waals surface area contributed by atoms with E-state index in [1.165, 1.54) is 29.9 Å². The number of fused-ring (bicyclic) bond motifs is 2. The van der Waals surface area contributed by atoms with Crippen molar-refractivity contribution in [3.05, 3.63) is 35.4 Å². The lowest BCUT2D eigenvalue weighted by Crippen LogP contribution is -2.13. The highest BCUT2D eigenvalue weighted by atomic mass is 32.2. The lowest BCUT2D eigenvalue weighted by atomic mass is 9.89. The summed E-state index contributed by atoms with van der Waals surface area (Å²) in [4.78, 5) is 17.6. The van der Waals surface area contributed by atoms with E-state index in [0.29, 0.717) is 0 Å². The second kappa shape index (κ2) is 8.35. The van der Waals surface area contributed by atoms with Gasteiger partial charge in [0, 0.05) is 16.9 Å². The average Bonchev–Trinajstić information content (AvgIpc) is 2.65. The number of ketones is 1. The third-order valence-electron chi connectivity index (χ3n) is 5.58. The summed E-state index contributed by atoms with van der Waals surface area (Å²) in [5, 5.41) is 2.29. The smallest absolute Gasteiger partial charge is 0.165 e. The summed E-state index contributed by atoms with van der Waals surface area (Å²) in [6, 6.07) is 8.28. The number of aromatic nitrogens is 1. The third-order valence-corrected chi connectivity index (χ3v) is 6.70. The number of hydrogen-bond acceptors (Lipinski definition) is 3. The zero-order valence-corrected chi connectivity index (χ0v) is 16.5. The van der Waals surface area contributed by atoms with E-state index in [4.69, 9.17) is 4.98 Å². The van der Waals surface area contributed by atoms with Crippen molar-refractivity contribution in [3.8, 4) is 0 Å². The van der Waals surface area contributed by atoms with E-state index in [0.717, 1.165) is 47.4 Å². The highest BCUT2D eigenvalue weighted by Crippen LogP contribution is 2.31. The van der Waals surface area contributed by atoms with Gasteiger partial charge in [0.05, 0.1) is 10.5 Å². The number of benzene rings is 1. The largest absolute Gasteiger partial charge is 0.294 e. The molecule has 1 aromatic heterocycles. The van der Waals surface area contributed by atoms with Crippen LogP contribution in [-0.4, -0.2) is 16.5 Å². The molecule has 2 heterocycles. The van der Waals surface area contributed by atoms with Gasteiger partial charge in [-0.2, -0.15) is 0 Å². The van der Waals surface area contributed by atoms with E-state index in [1.807, 2.05) is 23.9 Å². The Labute approximate surface area is 155 Å². The van der Waals surface area contributed by atoms with Gasteiger partial charge >= 0.3 is 0 Å². The first-order valence-electron chi connectivity index (χ1n) is 9.73. The molecule has 0 saturated carbocycles. The molecule has 0 saturated heterocycles. The van der Waals surface area contributed by atoms with Crippen LogP contribution in [0.3, 0.4) is 0 Å². The van der Waals surface area contributed by atoms with E-state index < -0.39 is 0 Å². The summed E-state index contributed by atoms with van der Waals surface area (Å²) in [6.07, 6.45) is 6.89. The number of carbonyl (C=O) groups is 1. The molecule has 3 heteroatoms. The molecule has 1 atom stereocenters. The minimum atomic E-state index is 0.0965. The molecule has 2 aromatic rings. The predicted molar refractivity (Wildman–Crippen MR) is 108 cm³/mol. The molecular weight excluding hydrogens is 326 g/mol. The van der Waals surface area contributed by atoms with Crippen LogP contribution in [0.4, 0.5) is 0 Å². The predicted octanol–water partition coefficient (Wildman–Crippen LogP) is 6.31. The van der Waals surface area contributed by atoms with Gasteiger partial charge in [-0.05, 0) is 67.2 Å². The van der Waals surface area contributed by atoms with Gasteiger partial charge in [-0.15, -0.1) is 11.8 Å². The fraction of sp³-hybridized carbons (Fsp3) is 0.545.